The minimum Gasteiger partial charge on any atom is -0.310 e. The van der Waals surface area contributed by atoms with Crippen molar-refractivity contribution in [3.8, 4) is 16.8 Å². The van der Waals surface area contributed by atoms with Crippen LogP contribution >= 0.6 is 0 Å². The van der Waals surface area contributed by atoms with Gasteiger partial charge in [0.2, 0.25) is 0 Å². The fourth-order valence-corrected chi connectivity index (χ4v) is 8.25. The van der Waals surface area contributed by atoms with Crippen LogP contribution in [0, 0.1) is 13.8 Å². The topological polar surface area (TPSA) is 8.17 Å². The van der Waals surface area contributed by atoms with Crippen LogP contribution in [0.5, 0.6) is 0 Å². The zero-order chi connectivity index (χ0) is 34.8. The lowest BCUT2D eigenvalue weighted by molar-refractivity contribution is 1.17. The standard InChI is InChI=1S/C50H36N2/c1-33-11-9-13-38(29-33)51(40-26-27-45-43-17-4-3-15-41(43)42-16-5-6-18-44(42)47(45)32-40)37-24-21-35(22-25-37)36-23-28-50-48(31-36)46-19-7-8-20-49(46)52(50)39-14-10-12-34(2)30-39/h3-32H,1-2H3. The number of aromatic nitrogens is 1. The molecule has 246 valence electrons. The second kappa shape index (κ2) is 12.0. The summed E-state index contributed by atoms with van der Waals surface area (Å²) in [6, 6.07) is 66.8. The van der Waals surface area contributed by atoms with Gasteiger partial charge in [-0.3, -0.25) is 0 Å². The Balaban J connectivity index is 1.10. The lowest BCUT2D eigenvalue weighted by Crippen LogP contribution is -2.10. The molecule has 10 aromatic rings. The molecule has 0 radical (unpaired) electrons. The molecule has 10 rings (SSSR count). The Morgan fingerprint density at radius 2 is 0.865 bits per heavy atom. The summed E-state index contributed by atoms with van der Waals surface area (Å²) < 4.78 is 2.39. The van der Waals surface area contributed by atoms with Crippen molar-refractivity contribution in [3.63, 3.8) is 0 Å². The molecule has 1 aromatic heterocycles. The predicted octanol–water partition coefficient (Wildman–Crippen LogP) is 14.0. The van der Waals surface area contributed by atoms with E-state index in [4.69, 9.17) is 0 Å². The number of benzene rings is 9. The molecule has 0 saturated heterocycles. The van der Waals surface area contributed by atoms with Crippen LogP contribution in [0.4, 0.5) is 17.1 Å². The van der Waals surface area contributed by atoms with E-state index < -0.39 is 0 Å². The molecule has 52 heavy (non-hydrogen) atoms. The number of rotatable bonds is 5. The molecule has 0 spiro atoms. The molecular weight excluding hydrogens is 629 g/mol. The molecule has 0 aliphatic carbocycles. The van der Waals surface area contributed by atoms with E-state index in [9.17, 15) is 0 Å². The molecule has 2 nitrogen and oxygen atoms in total. The lowest BCUT2D eigenvalue weighted by atomic mass is 9.94. The number of hydrogen-bond donors (Lipinski definition) is 0. The van der Waals surface area contributed by atoms with E-state index in [0.29, 0.717) is 0 Å². The van der Waals surface area contributed by atoms with E-state index in [1.165, 1.54) is 82.1 Å². The summed E-state index contributed by atoms with van der Waals surface area (Å²) in [5.41, 5.74) is 11.9. The Hall–Kier alpha value is -6.64. The Labute approximate surface area is 303 Å². The van der Waals surface area contributed by atoms with Gasteiger partial charge in [-0.05, 0) is 135 Å². The SMILES string of the molecule is Cc1cccc(N(c2ccc(-c3ccc4c(c3)c3ccccc3n4-c3cccc(C)c3)cc2)c2ccc3c4ccccc4c4ccccc4c3c2)c1. The van der Waals surface area contributed by atoms with Gasteiger partial charge in [-0.1, -0.05) is 115 Å². The van der Waals surface area contributed by atoms with Crippen molar-refractivity contribution in [2.75, 3.05) is 4.90 Å². The maximum Gasteiger partial charge on any atom is 0.0541 e. The van der Waals surface area contributed by atoms with Crippen LogP contribution < -0.4 is 4.90 Å². The first-order valence-electron chi connectivity index (χ1n) is 18.0. The molecule has 0 fully saturated rings. The number of para-hydroxylation sites is 1. The van der Waals surface area contributed by atoms with E-state index in [0.717, 1.165) is 17.1 Å². The highest BCUT2D eigenvalue weighted by molar-refractivity contribution is 6.25. The minimum absolute atomic E-state index is 1.12. The number of hydrogen-bond acceptors (Lipinski definition) is 1. The normalized spacial score (nSPS) is 11.7. The zero-order valence-electron chi connectivity index (χ0n) is 29.2. The van der Waals surface area contributed by atoms with Gasteiger partial charge in [-0.25, -0.2) is 0 Å². The summed E-state index contributed by atoms with van der Waals surface area (Å²) in [5.74, 6) is 0. The first kappa shape index (κ1) is 30.2. The van der Waals surface area contributed by atoms with E-state index in [1.54, 1.807) is 0 Å². The van der Waals surface area contributed by atoms with Gasteiger partial charge < -0.3 is 9.47 Å². The summed E-state index contributed by atoms with van der Waals surface area (Å²) >= 11 is 0. The van der Waals surface area contributed by atoms with Crippen molar-refractivity contribution >= 4 is 71.2 Å². The van der Waals surface area contributed by atoms with Crippen molar-refractivity contribution in [2.24, 2.45) is 0 Å². The van der Waals surface area contributed by atoms with Gasteiger partial charge in [0.05, 0.1) is 11.0 Å². The highest BCUT2D eigenvalue weighted by Crippen LogP contribution is 2.42. The Bertz CT molecular complexity index is 2950. The number of anilines is 3. The van der Waals surface area contributed by atoms with E-state index in [1.807, 2.05) is 0 Å². The molecule has 0 saturated carbocycles. The first-order chi connectivity index (χ1) is 25.6. The molecule has 0 aliphatic rings. The van der Waals surface area contributed by atoms with Crippen molar-refractivity contribution in [3.05, 3.63) is 193 Å². The number of aryl methyl sites for hydroxylation is 2. The fourth-order valence-electron chi connectivity index (χ4n) is 8.25. The fraction of sp³-hybridized carbons (Fsp3) is 0.0400. The predicted molar refractivity (Wildman–Crippen MR) is 223 cm³/mol. The highest BCUT2D eigenvalue weighted by atomic mass is 15.1. The van der Waals surface area contributed by atoms with E-state index >= 15 is 0 Å². The monoisotopic (exact) mass is 664 g/mol. The van der Waals surface area contributed by atoms with Crippen LogP contribution in [0.15, 0.2) is 182 Å². The van der Waals surface area contributed by atoms with Crippen LogP contribution in [0.1, 0.15) is 11.1 Å². The molecular formula is C50H36N2. The summed E-state index contributed by atoms with van der Waals surface area (Å²) in [6.07, 6.45) is 0. The molecule has 0 atom stereocenters. The summed E-state index contributed by atoms with van der Waals surface area (Å²) in [5, 5.41) is 10.2. The lowest BCUT2D eigenvalue weighted by Gasteiger charge is -2.27. The second-order valence-corrected chi connectivity index (χ2v) is 14.0. The first-order valence-corrected chi connectivity index (χ1v) is 18.0. The molecule has 0 N–H and O–H groups in total. The third-order valence-corrected chi connectivity index (χ3v) is 10.6. The van der Waals surface area contributed by atoms with Gasteiger partial charge in [0.1, 0.15) is 0 Å². The molecule has 1 heterocycles. The maximum absolute atomic E-state index is 2.39. The van der Waals surface area contributed by atoms with Gasteiger partial charge >= 0.3 is 0 Å². The average Bonchev–Trinajstić information content (AvgIpc) is 3.52. The molecule has 0 aliphatic heterocycles. The van der Waals surface area contributed by atoms with Crippen LogP contribution in [-0.2, 0) is 0 Å². The number of fused-ring (bicyclic) bond motifs is 9. The van der Waals surface area contributed by atoms with E-state index in [2.05, 4.69) is 205 Å². The van der Waals surface area contributed by atoms with Gasteiger partial charge in [0, 0.05) is 33.5 Å². The Kier molecular flexibility index (Phi) is 6.97. The van der Waals surface area contributed by atoms with Crippen LogP contribution in [-0.4, -0.2) is 4.57 Å². The van der Waals surface area contributed by atoms with Gasteiger partial charge in [-0.2, -0.15) is 0 Å². The molecule has 0 amide bonds. The van der Waals surface area contributed by atoms with Crippen molar-refractivity contribution in [1.82, 2.24) is 4.57 Å². The summed E-state index contributed by atoms with van der Waals surface area (Å²) in [4.78, 5) is 2.39. The van der Waals surface area contributed by atoms with Gasteiger partial charge in [0.15, 0.2) is 0 Å². The quantitative estimate of drug-likeness (QED) is 0.166. The van der Waals surface area contributed by atoms with Crippen molar-refractivity contribution in [1.29, 1.82) is 0 Å². The second-order valence-electron chi connectivity index (χ2n) is 14.0. The summed E-state index contributed by atoms with van der Waals surface area (Å²) in [7, 11) is 0. The van der Waals surface area contributed by atoms with Crippen LogP contribution in [0.2, 0.25) is 0 Å². The smallest absolute Gasteiger partial charge is 0.0541 e. The average molecular weight is 665 g/mol. The zero-order valence-corrected chi connectivity index (χ0v) is 29.2. The third-order valence-electron chi connectivity index (χ3n) is 10.6. The largest absolute Gasteiger partial charge is 0.310 e. The molecule has 0 bridgehead atoms. The minimum atomic E-state index is 1.12. The van der Waals surface area contributed by atoms with Crippen LogP contribution in [0.3, 0.4) is 0 Å². The summed E-state index contributed by atoms with van der Waals surface area (Å²) in [6.45, 7) is 4.32. The van der Waals surface area contributed by atoms with Gasteiger partial charge in [0.25, 0.3) is 0 Å². The van der Waals surface area contributed by atoms with Crippen molar-refractivity contribution in [2.45, 2.75) is 13.8 Å². The van der Waals surface area contributed by atoms with E-state index in [-0.39, 0.29) is 0 Å². The number of nitrogens with zero attached hydrogens (tertiary/aromatic N) is 2. The van der Waals surface area contributed by atoms with Gasteiger partial charge in [-0.15, -0.1) is 0 Å². The Morgan fingerprint density at radius 3 is 1.56 bits per heavy atom. The van der Waals surface area contributed by atoms with Crippen LogP contribution in [0.25, 0.3) is 70.9 Å². The van der Waals surface area contributed by atoms with Crippen molar-refractivity contribution < 1.29 is 0 Å². The highest BCUT2D eigenvalue weighted by Gasteiger charge is 2.17. The Morgan fingerprint density at radius 1 is 0.327 bits per heavy atom. The molecule has 2 heteroatoms. The molecule has 0 unspecified atom stereocenters. The maximum atomic E-state index is 2.39. The molecule has 9 aromatic carbocycles. The third kappa shape index (κ3) is 4.87.